The Kier molecular flexibility index (Phi) is 2.14. The van der Waals surface area contributed by atoms with Gasteiger partial charge in [0.1, 0.15) is 0 Å². The van der Waals surface area contributed by atoms with Crippen LogP contribution in [0.1, 0.15) is 0 Å². The molecule has 3 aromatic rings. The molecule has 6 heteroatoms. The van der Waals surface area contributed by atoms with E-state index in [1.807, 2.05) is 24.3 Å². The molecule has 0 radical (unpaired) electrons. The van der Waals surface area contributed by atoms with Gasteiger partial charge in [0.15, 0.2) is 0 Å². The number of fused-ring (bicyclic) bond motifs is 1. The molecule has 5 nitrogen and oxygen atoms in total. The molecule has 2 heterocycles. The summed E-state index contributed by atoms with van der Waals surface area (Å²) < 4.78 is 5.51. The highest BCUT2D eigenvalue weighted by Crippen LogP contribution is 2.26. The van der Waals surface area contributed by atoms with Crippen molar-refractivity contribution in [1.82, 2.24) is 20.3 Å². The summed E-state index contributed by atoms with van der Waals surface area (Å²) in [7, 11) is 0. The Labute approximate surface area is 98.6 Å². The van der Waals surface area contributed by atoms with Crippen molar-refractivity contribution in [1.29, 1.82) is 0 Å². The van der Waals surface area contributed by atoms with Crippen molar-refractivity contribution in [2.75, 3.05) is 0 Å². The van der Waals surface area contributed by atoms with Gasteiger partial charge in [0.25, 0.3) is 0 Å². The summed E-state index contributed by atoms with van der Waals surface area (Å²) in [5.74, 6) is 0. The van der Waals surface area contributed by atoms with Crippen molar-refractivity contribution in [3.8, 4) is 11.3 Å². The molecule has 0 spiro atoms. The largest absolute Gasteiger partial charge is 0.243 e. The van der Waals surface area contributed by atoms with E-state index in [2.05, 4.69) is 40.8 Å². The maximum Gasteiger partial charge on any atom is 0.243 e. The van der Waals surface area contributed by atoms with Gasteiger partial charge in [-0.1, -0.05) is 34.1 Å². The minimum absolute atomic E-state index is 0.410. The van der Waals surface area contributed by atoms with E-state index in [1.54, 1.807) is 6.20 Å². The van der Waals surface area contributed by atoms with Gasteiger partial charge in [-0.25, -0.2) is 14.6 Å². The van der Waals surface area contributed by atoms with E-state index in [9.17, 15) is 0 Å². The number of nitrogens with zero attached hydrogens (tertiary/aromatic N) is 4. The second kappa shape index (κ2) is 3.64. The lowest BCUT2D eigenvalue weighted by atomic mass is 10.2. The Morgan fingerprint density at radius 2 is 1.88 bits per heavy atom. The van der Waals surface area contributed by atoms with E-state index in [0.717, 1.165) is 15.7 Å². The molecule has 0 saturated carbocycles. The average Bonchev–Trinajstić information content (AvgIpc) is 2.76. The second-order valence-electron chi connectivity index (χ2n) is 3.15. The van der Waals surface area contributed by atoms with Crippen molar-refractivity contribution in [3.63, 3.8) is 0 Å². The van der Waals surface area contributed by atoms with Crippen LogP contribution >= 0.6 is 15.9 Å². The molecule has 0 saturated heterocycles. The van der Waals surface area contributed by atoms with Gasteiger partial charge in [-0.15, -0.1) is 0 Å². The second-order valence-corrected chi connectivity index (χ2v) is 4.00. The van der Waals surface area contributed by atoms with Gasteiger partial charge in [-0.2, -0.15) is 0 Å². The zero-order valence-corrected chi connectivity index (χ0v) is 9.55. The Bertz CT molecular complexity index is 652. The Morgan fingerprint density at radius 3 is 2.75 bits per heavy atom. The van der Waals surface area contributed by atoms with E-state index in [1.165, 1.54) is 0 Å². The number of halogens is 1. The smallest absolute Gasteiger partial charge is 0.240 e. The first-order chi connectivity index (χ1) is 7.84. The molecular formula is C10H5BrN4O. The third kappa shape index (κ3) is 1.47. The quantitative estimate of drug-likeness (QED) is 0.683. The van der Waals surface area contributed by atoms with Crippen LogP contribution in [0.25, 0.3) is 22.6 Å². The van der Waals surface area contributed by atoms with Crippen LogP contribution in [0.5, 0.6) is 0 Å². The van der Waals surface area contributed by atoms with Crippen LogP contribution in [0.15, 0.2) is 39.6 Å². The summed E-state index contributed by atoms with van der Waals surface area (Å²) in [6.07, 6.45) is 1.65. The molecule has 3 rings (SSSR count). The van der Waals surface area contributed by atoms with Gasteiger partial charge >= 0.3 is 0 Å². The maximum atomic E-state index is 4.55. The summed E-state index contributed by atoms with van der Waals surface area (Å²) in [6, 6.07) is 7.78. The summed E-state index contributed by atoms with van der Waals surface area (Å²) in [5.41, 5.74) is 2.51. The van der Waals surface area contributed by atoms with Crippen molar-refractivity contribution < 1.29 is 4.63 Å². The fraction of sp³-hybridized carbons (Fsp3) is 0. The lowest BCUT2D eigenvalue weighted by Crippen LogP contribution is -1.88. The molecule has 0 aliphatic rings. The summed E-state index contributed by atoms with van der Waals surface area (Å²) >= 11 is 3.46. The molecule has 0 aliphatic heterocycles. The van der Waals surface area contributed by atoms with Crippen molar-refractivity contribution in [3.05, 3.63) is 34.9 Å². The molecule has 0 unspecified atom stereocenters. The maximum absolute atomic E-state index is 4.55. The molecule has 1 aromatic carbocycles. The molecule has 78 valence electrons. The van der Waals surface area contributed by atoms with E-state index in [4.69, 9.17) is 0 Å². The number of benzene rings is 1. The summed E-state index contributed by atoms with van der Waals surface area (Å²) in [6.45, 7) is 0. The first-order valence-electron chi connectivity index (χ1n) is 4.55. The van der Waals surface area contributed by atoms with E-state index >= 15 is 0 Å². The molecule has 0 aliphatic carbocycles. The van der Waals surface area contributed by atoms with E-state index in [0.29, 0.717) is 11.3 Å². The minimum Gasteiger partial charge on any atom is -0.240 e. The van der Waals surface area contributed by atoms with Crippen molar-refractivity contribution in [2.45, 2.75) is 0 Å². The highest BCUT2D eigenvalue weighted by atomic mass is 79.9. The predicted octanol–water partition coefficient (Wildman–Crippen LogP) is 2.44. The van der Waals surface area contributed by atoms with Crippen LogP contribution in [-0.4, -0.2) is 20.3 Å². The molecule has 2 aromatic heterocycles. The molecule has 16 heavy (non-hydrogen) atoms. The molecule has 0 amide bonds. The monoisotopic (exact) mass is 276 g/mol. The Morgan fingerprint density at radius 1 is 1.06 bits per heavy atom. The van der Waals surface area contributed by atoms with Gasteiger partial charge < -0.3 is 0 Å². The van der Waals surface area contributed by atoms with Crippen LogP contribution in [0.4, 0.5) is 0 Å². The number of aromatic nitrogens is 4. The molecule has 0 bridgehead atoms. The highest BCUT2D eigenvalue weighted by Gasteiger charge is 2.08. The molecule has 0 atom stereocenters. The zero-order valence-electron chi connectivity index (χ0n) is 7.96. The van der Waals surface area contributed by atoms with Crippen LogP contribution in [0.2, 0.25) is 0 Å². The van der Waals surface area contributed by atoms with Gasteiger partial charge in [-0.05, 0) is 16.4 Å². The van der Waals surface area contributed by atoms with Crippen LogP contribution in [-0.2, 0) is 0 Å². The van der Waals surface area contributed by atoms with Crippen LogP contribution < -0.4 is 0 Å². The first kappa shape index (κ1) is 9.41. The molecule has 0 N–H and O–H groups in total. The predicted molar refractivity (Wildman–Crippen MR) is 60.5 cm³/mol. The van der Waals surface area contributed by atoms with Gasteiger partial charge in [-0.3, -0.25) is 0 Å². The fourth-order valence-electron chi connectivity index (χ4n) is 1.40. The third-order valence-electron chi connectivity index (χ3n) is 2.14. The molecule has 0 fully saturated rings. The summed E-state index contributed by atoms with van der Waals surface area (Å²) in [4.78, 5) is 8.41. The third-order valence-corrected chi connectivity index (χ3v) is 2.83. The average molecular weight is 277 g/mol. The minimum atomic E-state index is 0.410. The van der Waals surface area contributed by atoms with Crippen molar-refractivity contribution >= 4 is 27.2 Å². The van der Waals surface area contributed by atoms with Crippen LogP contribution in [0.3, 0.4) is 0 Å². The lowest BCUT2D eigenvalue weighted by Gasteiger charge is -2.01. The fourth-order valence-corrected chi connectivity index (χ4v) is 1.88. The van der Waals surface area contributed by atoms with E-state index < -0.39 is 0 Å². The SMILES string of the molecule is Brc1ccccc1-c1cnc2nonc2n1. The highest BCUT2D eigenvalue weighted by molar-refractivity contribution is 9.10. The summed E-state index contributed by atoms with van der Waals surface area (Å²) in [5, 5.41) is 7.26. The zero-order chi connectivity index (χ0) is 11.0. The number of hydrogen-bond acceptors (Lipinski definition) is 5. The number of rotatable bonds is 1. The lowest BCUT2D eigenvalue weighted by molar-refractivity contribution is 0.314. The number of hydrogen-bond donors (Lipinski definition) is 0. The molecular weight excluding hydrogens is 272 g/mol. The normalized spacial score (nSPS) is 10.8. The van der Waals surface area contributed by atoms with Crippen molar-refractivity contribution in [2.24, 2.45) is 0 Å². The Balaban J connectivity index is 2.22. The van der Waals surface area contributed by atoms with Gasteiger partial charge in [0, 0.05) is 10.0 Å². The van der Waals surface area contributed by atoms with Gasteiger partial charge in [0.05, 0.1) is 11.9 Å². The first-order valence-corrected chi connectivity index (χ1v) is 5.34. The Hall–Kier alpha value is -1.82. The van der Waals surface area contributed by atoms with Gasteiger partial charge in [0.2, 0.25) is 11.3 Å². The van der Waals surface area contributed by atoms with Crippen LogP contribution in [0, 0.1) is 0 Å². The topological polar surface area (TPSA) is 64.7 Å². The van der Waals surface area contributed by atoms with E-state index in [-0.39, 0.29) is 0 Å². The standard InChI is InChI=1S/C10H5BrN4O/c11-7-4-2-1-3-6(7)8-5-12-9-10(13-8)15-16-14-9/h1-5H.